The molecule has 0 saturated heterocycles. The van der Waals surface area contributed by atoms with E-state index in [4.69, 9.17) is 0 Å². The fourth-order valence-electron chi connectivity index (χ4n) is 3.46. The quantitative estimate of drug-likeness (QED) is 0.478. The number of hydrogen-bond donors (Lipinski definition) is 1. The summed E-state index contributed by atoms with van der Waals surface area (Å²) >= 11 is 0. The molecule has 0 radical (unpaired) electrons. The number of sulfonamides is 1. The number of amides is 1. The smallest absolute Gasteiger partial charge is 0.243 e. The van der Waals surface area contributed by atoms with Crippen LogP contribution in [-0.4, -0.2) is 31.2 Å². The van der Waals surface area contributed by atoms with E-state index < -0.39 is 15.8 Å². The topological polar surface area (TPSA) is 66.5 Å². The summed E-state index contributed by atoms with van der Waals surface area (Å²) in [5, 5.41) is 2.90. The zero-order chi connectivity index (χ0) is 23.8. The van der Waals surface area contributed by atoms with Gasteiger partial charge in [0.2, 0.25) is 15.9 Å². The van der Waals surface area contributed by atoms with Crippen molar-refractivity contribution >= 4 is 15.9 Å². The molecule has 0 heterocycles. The lowest BCUT2D eigenvalue weighted by atomic mass is 10.1. The first-order valence-corrected chi connectivity index (χ1v) is 12.3. The highest BCUT2D eigenvalue weighted by Crippen LogP contribution is 2.19. The van der Waals surface area contributed by atoms with Gasteiger partial charge in [0.1, 0.15) is 5.82 Å². The van der Waals surface area contributed by atoms with Gasteiger partial charge in [0.25, 0.3) is 0 Å². The van der Waals surface area contributed by atoms with Crippen LogP contribution in [0.3, 0.4) is 0 Å². The highest BCUT2D eigenvalue weighted by molar-refractivity contribution is 7.89. The van der Waals surface area contributed by atoms with Gasteiger partial charge in [-0.05, 0) is 62.1 Å². The fourth-order valence-corrected chi connectivity index (χ4v) is 4.84. The fraction of sp³-hybridized carbons (Fsp3) is 0.269. The number of halogens is 1. The lowest BCUT2D eigenvalue weighted by Gasteiger charge is -2.23. The summed E-state index contributed by atoms with van der Waals surface area (Å²) in [6, 6.07) is 21.9. The molecule has 0 bridgehead atoms. The van der Waals surface area contributed by atoms with E-state index in [1.165, 1.54) is 42.0 Å². The minimum atomic E-state index is -3.93. The molecule has 3 aromatic rings. The zero-order valence-electron chi connectivity index (χ0n) is 18.9. The molecule has 0 aliphatic heterocycles. The van der Waals surface area contributed by atoms with Crippen molar-refractivity contribution < 1.29 is 17.6 Å². The van der Waals surface area contributed by atoms with E-state index >= 15 is 0 Å². The summed E-state index contributed by atoms with van der Waals surface area (Å²) in [5.74, 6) is -0.787. The average molecular weight is 469 g/mol. The van der Waals surface area contributed by atoms with Crippen LogP contribution in [-0.2, 0) is 27.8 Å². The van der Waals surface area contributed by atoms with Gasteiger partial charge < -0.3 is 5.32 Å². The van der Waals surface area contributed by atoms with Crippen LogP contribution in [0.25, 0.3) is 0 Å². The highest BCUT2D eigenvalue weighted by atomic mass is 32.2. The van der Waals surface area contributed by atoms with E-state index in [1.807, 2.05) is 44.2 Å². The second-order valence-corrected chi connectivity index (χ2v) is 10.1. The number of carbonyl (C=O) groups excluding carboxylic acids is 1. The van der Waals surface area contributed by atoms with Gasteiger partial charge in [-0.3, -0.25) is 4.79 Å². The average Bonchev–Trinajstić information content (AvgIpc) is 2.79. The molecule has 1 N–H and O–H groups in total. The van der Waals surface area contributed by atoms with Gasteiger partial charge in [-0.15, -0.1) is 0 Å². The lowest BCUT2D eigenvalue weighted by molar-refractivity contribution is -0.122. The standard InChI is InChI=1S/C26H29FN2O3S/c1-20-8-16-25(17-9-20)33(31,32)29(18-23-12-14-24(27)15-13-23)19-26(30)28-21(2)10-11-22-6-4-3-5-7-22/h3-9,12-17,21H,10-11,18-19H2,1-2H3,(H,28,30)/t21-/m0/s1. The molecule has 7 heteroatoms. The molecule has 1 atom stereocenters. The molecule has 0 fully saturated rings. The van der Waals surface area contributed by atoms with Crippen molar-refractivity contribution in [2.24, 2.45) is 0 Å². The molecule has 5 nitrogen and oxygen atoms in total. The Morgan fingerprint density at radius 1 is 0.939 bits per heavy atom. The van der Waals surface area contributed by atoms with Crippen molar-refractivity contribution in [1.29, 1.82) is 0 Å². The van der Waals surface area contributed by atoms with Gasteiger partial charge in [-0.1, -0.05) is 60.2 Å². The summed E-state index contributed by atoms with van der Waals surface area (Å²) in [6.07, 6.45) is 1.54. The summed E-state index contributed by atoms with van der Waals surface area (Å²) in [5.41, 5.74) is 2.71. The number of nitrogens with one attached hydrogen (secondary N) is 1. The van der Waals surface area contributed by atoms with Gasteiger partial charge in [0.05, 0.1) is 11.4 Å². The normalized spacial score (nSPS) is 12.5. The molecule has 174 valence electrons. The molecule has 1 amide bonds. The number of aryl methyl sites for hydroxylation is 2. The Kier molecular flexibility index (Phi) is 8.36. The molecule has 33 heavy (non-hydrogen) atoms. The van der Waals surface area contributed by atoms with Crippen molar-refractivity contribution in [2.75, 3.05) is 6.54 Å². The van der Waals surface area contributed by atoms with Crippen molar-refractivity contribution in [3.8, 4) is 0 Å². The molecule has 3 rings (SSSR count). The van der Waals surface area contributed by atoms with E-state index in [1.54, 1.807) is 12.1 Å². The number of hydrogen-bond acceptors (Lipinski definition) is 3. The van der Waals surface area contributed by atoms with Crippen LogP contribution in [0, 0.1) is 12.7 Å². The number of nitrogens with zero attached hydrogens (tertiary/aromatic N) is 1. The highest BCUT2D eigenvalue weighted by Gasteiger charge is 2.27. The van der Waals surface area contributed by atoms with Crippen LogP contribution in [0.2, 0.25) is 0 Å². The molecule has 3 aromatic carbocycles. The molecule has 0 aliphatic carbocycles. The Morgan fingerprint density at radius 2 is 1.58 bits per heavy atom. The van der Waals surface area contributed by atoms with Gasteiger partial charge >= 0.3 is 0 Å². The predicted octanol–water partition coefficient (Wildman–Crippen LogP) is 4.46. The summed E-state index contributed by atoms with van der Waals surface area (Å²) < 4.78 is 41.1. The molecular formula is C26H29FN2O3S. The Hall–Kier alpha value is -3.03. The zero-order valence-corrected chi connectivity index (χ0v) is 19.7. The second-order valence-electron chi connectivity index (χ2n) is 8.21. The third-order valence-electron chi connectivity index (χ3n) is 5.37. The number of carbonyl (C=O) groups is 1. The third-order valence-corrected chi connectivity index (χ3v) is 7.17. The van der Waals surface area contributed by atoms with E-state index in [9.17, 15) is 17.6 Å². The molecule has 0 spiro atoms. The molecular weight excluding hydrogens is 439 g/mol. The van der Waals surface area contributed by atoms with Crippen LogP contribution < -0.4 is 5.32 Å². The molecule has 0 unspecified atom stereocenters. The van der Waals surface area contributed by atoms with Crippen LogP contribution >= 0.6 is 0 Å². The van der Waals surface area contributed by atoms with Crippen LogP contribution in [0.5, 0.6) is 0 Å². The summed E-state index contributed by atoms with van der Waals surface area (Å²) in [7, 11) is -3.93. The van der Waals surface area contributed by atoms with Gasteiger partial charge in [-0.2, -0.15) is 4.31 Å². The van der Waals surface area contributed by atoms with Crippen molar-refractivity contribution in [3.63, 3.8) is 0 Å². The SMILES string of the molecule is Cc1ccc(S(=O)(=O)N(CC(=O)N[C@@H](C)CCc2ccccc2)Cc2ccc(F)cc2)cc1. The second kappa shape index (κ2) is 11.2. The predicted molar refractivity (Wildman–Crippen MR) is 128 cm³/mol. The molecule has 0 aromatic heterocycles. The van der Waals surface area contributed by atoms with E-state index in [2.05, 4.69) is 5.32 Å². The van der Waals surface area contributed by atoms with Gasteiger partial charge in [0, 0.05) is 12.6 Å². The number of benzene rings is 3. The summed E-state index contributed by atoms with van der Waals surface area (Å²) in [6.45, 7) is 3.40. The first-order valence-electron chi connectivity index (χ1n) is 10.9. The lowest BCUT2D eigenvalue weighted by Crippen LogP contribution is -2.43. The van der Waals surface area contributed by atoms with Gasteiger partial charge in [-0.25, -0.2) is 12.8 Å². The first-order chi connectivity index (χ1) is 15.7. The largest absolute Gasteiger partial charge is 0.352 e. The van der Waals surface area contributed by atoms with E-state index in [0.717, 1.165) is 22.7 Å². The van der Waals surface area contributed by atoms with E-state index in [-0.39, 0.29) is 29.9 Å². The minimum Gasteiger partial charge on any atom is -0.352 e. The van der Waals surface area contributed by atoms with E-state index in [0.29, 0.717) is 5.56 Å². The first kappa shape index (κ1) is 24.6. The Morgan fingerprint density at radius 3 is 2.21 bits per heavy atom. The Bertz CT molecular complexity index is 1150. The summed E-state index contributed by atoms with van der Waals surface area (Å²) in [4.78, 5) is 12.9. The monoisotopic (exact) mass is 468 g/mol. The maximum Gasteiger partial charge on any atom is 0.243 e. The molecule has 0 saturated carbocycles. The van der Waals surface area contributed by atoms with Crippen LogP contribution in [0.4, 0.5) is 4.39 Å². The maximum absolute atomic E-state index is 13.3. The molecule has 0 aliphatic rings. The minimum absolute atomic E-state index is 0.0394. The van der Waals surface area contributed by atoms with Crippen LogP contribution in [0.1, 0.15) is 30.0 Å². The maximum atomic E-state index is 13.3. The van der Waals surface area contributed by atoms with Gasteiger partial charge in [0.15, 0.2) is 0 Å². The number of rotatable bonds is 10. The third kappa shape index (κ3) is 7.23. The van der Waals surface area contributed by atoms with Crippen molar-refractivity contribution in [2.45, 2.75) is 44.2 Å². The van der Waals surface area contributed by atoms with Crippen molar-refractivity contribution in [1.82, 2.24) is 9.62 Å². The van der Waals surface area contributed by atoms with Crippen molar-refractivity contribution in [3.05, 3.63) is 101 Å². The van der Waals surface area contributed by atoms with Crippen LogP contribution in [0.15, 0.2) is 83.8 Å². The Balaban J connectivity index is 1.72. The Labute approximate surface area is 195 Å².